The number of benzene rings is 1. The number of carbonyl (C=O) groups is 1. The first-order chi connectivity index (χ1) is 14.7. The minimum Gasteiger partial charge on any atom is -0.446 e. The van der Waals surface area contributed by atoms with Crippen LogP contribution in [0.25, 0.3) is 0 Å². The van der Waals surface area contributed by atoms with E-state index in [0.717, 1.165) is 22.6 Å². The van der Waals surface area contributed by atoms with Gasteiger partial charge in [0, 0.05) is 29.0 Å². The summed E-state index contributed by atoms with van der Waals surface area (Å²) in [6.07, 6.45) is -1.13. The normalized spacial score (nSPS) is 19.6. The number of alkyl carbamates (subject to hydrolysis) is 1. The summed E-state index contributed by atoms with van der Waals surface area (Å²) in [7, 11) is 0. The summed E-state index contributed by atoms with van der Waals surface area (Å²) in [6, 6.07) is 6.50. The Morgan fingerprint density at radius 3 is 2.55 bits per heavy atom. The van der Waals surface area contributed by atoms with Crippen LogP contribution in [0.4, 0.5) is 29.6 Å². The molecule has 0 bridgehead atoms. The topological polar surface area (TPSA) is 102 Å². The summed E-state index contributed by atoms with van der Waals surface area (Å²) >= 11 is 1.17. The van der Waals surface area contributed by atoms with E-state index in [1.165, 1.54) is 18.9 Å². The summed E-state index contributed by atoms with van der Waals surface area (Å²) in [5.41, 5.74) is 1.77. The quantitative estimate of drug-likeness (QED) is 0.511. The fourth-order valence-electron chi connectivity index (χ4n) is 3.49. The van der Waals surface area contributed by atoms with Crippen LogP contribution >= 0.6 is 11.9 Å². The van der Waals surface area contributed by atoms with Crippen molar-refractivity contribution in [3.63, 3.8) is 0 Å². The van der Waals surface area contributed by atoms with Gasteiger partial charge >= 0.3 is 12.3 Å². The van der Waals surface area contributed by atoms with Crippen molar-refractivity contribution in [1.29, 1.82) is 0 Å². The predicted octanol–water partition coefficient (Wildman–Crippen LogP) is 4.89. The molecule has 2 aromatic rings. The van der Waals surface area contributed by atoms with Crippen molar-refractivity contribution in [1.82, 2.24) is 15.3 Å². The van der Waals surface area contributed by atoms with Crippen LogP contribution in [0.15, 0.2) is 41.6 Å². The summed E-state index contributed by atoms with van der Waals surface area (Å²) in [5, 5.41) is 10.9. The lowest BCUT2D eigenvalue weighted by molar-refractivity contribution is -0.138. The van der Waals surface area contributed by atoms with E-state index in [9.17, 15) is 18.0 Å². The Balaban J connectivity index is 1.47. The molecule has 1 amide bonds. The molecule has 0 saturated heterocycles. The van der Waals surface area contributed by atoms with E-state index in [0.29, 0.717) is 18.8 Å². The number of anilines is 2. The highest BCUT2D eigenvalue weighted by atomic mass is 32.2. The monoisotopic (exact) mass is 455 g/mol. The molecule has 11 heteroatoms. The van der Waals surface area contributed by atoms with Crippen LogP contribution in [-0.2, 0) is 4.74 Å². The Kier molecular flexibility index (Phi) is 7.60. The zero-order valence-corrected chi connectivity index (χ0v) is 17.7. The number of carbonyl (C=O) groups excluding carboxylic acids is 1. The van der Waals surface area contributed by atoms with Gasteiger partial charge in [0.25, 0.3) is 0 Å². The lowest BCUT2D eigenvalue weighted by atomic mass is 10.0. The maximum absolute atomic E-state index is 12.4. The molecule has 2 unspecified atom stereocenters. The second kappa shape index (κ2) is 10.2. The molecule has 4 N–H and O–H groups in total. The van der Waals surface area contributed by atoms with Crippen molar-refractivity contribution in [2.24, 2.45) is 5.14 Å². The number of nitrogens with two attached hydrogens (primary N) is 1. The molecule has 168 valence electrons. The maximum Gasteiger partial charge on any atom is 0.407 e. The van der Waals surface area contributed by atoms with Gasteiger partial charge in [0.1, 0.15) is 6.10 Å². The third kappa shape index (κ3) is 7.28. The number of alkyl halides is 3. The van der Waals surface area contributed by atoms with Gasteiger partial charge in [0.05, 0.1) is 6.42 Å². The maximum atomic E-state index is 12.4. The Morgan fingerprint density at radius 2 is 1.94 bits per heavy atom. The van der Waals surface area contributed by atoms with E-state index < -0.39 is 24.7 Å². The van der Waals surface area contributed by atoms with Crippen LogP contribution < -0.4 is 15.8 Å². The summed E-state index contributed by atoms with van der Waals surface area (Å²) < 4.78 is 42.4. The first-order valence-electron chi connectivity index (χ1n) is 9.81. The molecule has 1 aromatic heterocycles. The molecule has 1 heterocycles. The lowest BCUT2D eigenvalue weighted by Gasteiger charge is -2.18. The summed E-state index contributed by atoms with van der Waals surface area (Å²) in [6.45, 7) is 1.30. The number of amides is 1. The van der Waals surface area contributed by atoms with Gasteiger partial charge in [-0.1, -0.05) is 0 Å². The number of rotatable bonds is 7. The van der Waals surface area contributed by atoms with Crippen molar-refractivity contribution in [3.8, 4) is 0 Å². The SMILES string of the molecule is CC(CC(F)(F)F)NC(=O)OC1CC[C@@H](c2cnc(Nc3ccc(SN)cc3)nc2)C1. The highest BCUT2D eigenvalue weighted by molar-refractivity contribution is 7.97. The molecule has 1 aliphatic rings. The minimum absolute atomic E-state index is 0.125. The molecule has 7 nitrogen and oxygen atoms in total. The molecule has 3 atom stereocenters. The molecular formula is C20H24F3N5O2S. The molecule has 3 rings (SSSR count). The van der Waals surface area contributed by atoms with Gasteiger partial charge in [-0.15, -0.1) is 0 Å². The molecule has 1 saturated carbocycles. The zero-order chi connectivity index (χ0) is 22.4. The molecule has 0 radical (unpaired) electrons. The van der Waals surface area contributed by atoms with Crippen molar-refractivity contribution < 1.29 is 22.7 Å². The van der Waals surface area contributed by atoms with Crippen molar-refractivity contribution >= 4 is 29.7 Å². The number of aromatic nitrogens is 2. The number of halogens is 3. The van der Waals surface area contributed by atoms with E-state index >= 15 is 0 Å². The Morgan fingerprint density at radius 1 is 1.26 bits per heavy atom. The van der Waals surface area contributed by atoms with Crippen LogP contribution in [-0.4, -0.2) is 34.4 Å². The first kappa shape index (κ1) is 23.1. The fourth-order valence-corrected chi connectivity index (χ4v) is 3.79. The fraction of sp³-hybridized carbons (Fsp3) is 0.450. The predicted molar refractivity (Wildman–Crippen MR) is 112 cm³/mol. The summed E-state index contributed by atoms with van der Waals surface area (Å²) in [5.74, 6) is 0.584. The van der Waals surface area contributed by atoms with Gasteiger partial charge in [-0.05, 0) is 73.9 Å². The first-order valence-corrected chi connectivity index (χ1v) is 10.7. The second-order valence-corrected chi connectivity index (χ2v) is 8.22. The number of hydrogen-bond donors (Lipinski definition) is 3. The van der Waals surface area contributed by atoms with Gasteiger partial charge in [0.2, 0.25) is 5.95 Å². The van der Waals surface area contributed by atoms with Crippen LogP contribution in [0.5, 0.6) is 0 Å². The standard InChI is InChI=1S/C20H24F3N5O2S/c1-12(9-20(21,22)23)27-19(29)30-16-5-2-13(8-16)14-10-25-18(26-11-14)28-15-3-6-17(31-24)7-4-15/h3-4,6-7,10-13,16H,2,5,8-9,24H2,1H3,(H,27,29)(H,25,26,28)/t12?,13-,16?/m1/s1. The number of nitrogens with one attached hydrogen (secondary N) is 2. The molecule has 1 aliphatic carbocycles. The number of nitrogens with zero attached hydrogens (tertiary/aromatic N) is 2. The van der Waals surface area contributed by atoms with E-state index in [2.05, 4.69) is 20.6 Å². The van der Waals surface area contributed by atoms with E-state index in [-0.39, 0.29) is 12.0 Å². The Bertz CT molecular complexity index is 865. The molecule has 0 spiro atoms. The van der Waals surface area contributed by atoms with Gasteiger partial charge < -0.3 is 15.4 Å². The average Bonchev–Trinajstić information content (AvgIpc) is 3.16. The molecule has 1 aromatic carbocycles. The molecule has 0 aliphatic heterocycles. The number of hydrogen-bond acceptors (Lipinski definition) is 7. The highest BCUT2D eigenvalue weighted by Crippen LogP contribution is 2.35. The van der Waals surface area contributed by atoms with Gasteiger partial charge in [0.15, 0.2) is 0 Å². The van der Waals surface area contributed by atoms with Gasteiger partial charge in [-0.3, -0.25) is 5.14 Å². The highest BCUT2D eigenvalue weighted by Gasteiger charge is 2.32. The Hall–Kier alpha value is -2.53. The molecule has 31 heavy (non-hydrogen) atoms. The van der Waals surface area contributed by atoms with Crippen LogP contribution in [0.3, 0.4) is 0 Å². The van der Waals surface area contributed by atoms with Crippen molar-refractivity contribution in [2.45, 2.75) is 61.7 Å². The number of ether oxygens (including phenoxy) is 1. The average molecular weight is 456 g/mol. The third-order valence-electron chi connectivity index (χ3n) is 4.95. The molecule has 1 fully saturated rings. The van der Waals surface area contributed by atoms with E-state index in [1.807, 2.05) is 24.3 Å². The van der Waals surface area contributed by atoms with E-state index in [4.69, 9.17) is 9.88 Å². The molecular weight excluding hydrogens is 431 g/mol. The van der Waals surface area contributed by atoms with Gasteiger partial charge in [-0.25, -0.2) is 14.8 Å². The van der Waals surface area contributed by atoms with Gasteiger partial charge in [-0.2, -0.15) is 13.2 Å². The van der Waals surface area contributed by atoms with Crippen molar-refractivity contribution in [3.05, 3.63) is 42.2 Å². The minimum atomic E-state index is -4.33. The largest absolute Gasteiger partial charge is 0.446 e. The Labute approximate surface area is 182 Å². The van der Waals surface area contributed by atoms with Crippen LogP contribution in [0.1, 0.15) is 44.1 Å². The van der Waals surface area contributed by atoms with E-state index in [1.54, 1.807) is 12.4 Å². The third-order valence-corrected chi connectivity index (χ3v) is 5.49. The van der Waals surface area contributed by atoms with Crippen LogP contribution in [0.2, 0.25) is 0 Å². The zero-order valence-electron chi connectivity index (χ0n) is 16.9. The smallest absolute Gasteiger partial charge is 0.407 e. The lowest BCUT2D eigenvalue weighted by Crippen LogP contribution is -2.37. The second-order valence-electron chi connectivity index (χ2n) is 7.51. The van der Waals surface area contributed by atoms with Crippen molar-refractivity contribution in [2.75, 3.05) is 5.32 Å². The van der Waals surface area contributed by atoms with Crippen LogP contribution in [0, 0.1) is 0 Å². The summed E-state index contributed by atoms with van der Waals surface area (Å²) in [4.78, 5) is 21.5.